The Labute approximate surface area is 287 Å². The van der Waals surface area contributed by atoms with Crippen molar-refractivity contribution in [2.75, 3.05) is 32.0 Å². The number of carbonyl (C=O) groups is 3. The third-order valence-corrected chi connectivity index (χ3v) is 10.1. The topological polar surface area (TPSA) is 384 Å². The van der Waals surface area contributed by atoms with E-state index in [4.69, 9.17) is 24.6 Å². The summed E-state index contributed by atoms with van der Waals surface area (Å²) in [5.41, 5.74) is 4.22. The molecule has 2 unspecified atom stereocenters. The molecule has 0 bridgehead atoms. The second kappa shape index (κ2) is 17.2. The number of hydrogen-bond acceptors (Lipinski definition) is 17. The van der Waals surface area contributed by atoms with Crippen LogP contribution < -0.4 is 16.4 Å². The van der Waals surface area contributed by atoms with Gasteiger partial charge in [-0.2, -0.15) is 4.31 Å². The van der Waals surface area contributed by atoms with E-state index in [9.17, 15) is 57.9 Å². The van der Waals surface area contributed by atoms with Crippen molar-refractivity contribution in [1.82, 2.24) is 30.2 Å². The molecule has 0 saturated carbocycles. The van der Waals surface area contributed by atoms with Gasteiger partial charge < -0.3 is 56.0 Å². The number of imidazole rings is 1. The zero-order valence-electron chi connectivity index (χ0n) is 26.8. The molecule has 2 aromatic heterocycles. The summed E-state index contributed by atoms with van der Waals surface area (Å²) in [6.07, 6.45) is -6.95. The molecule has 1 aliphatic rings. The number of phosphoric ester groups is 3. The van der Waals surface area contributed by atoms with E-state index in [1.807, 2.05) is 0 Å². The van der Waals surface area contributed by atoms with Gasteiger partial charge in [0.1, 0.15) is 36.3 Å². The zero-order chi connectivity index (χ0) is 38.4. The van der Waals surface area contributed by atoms with Crippen LogP contribution in [0.5, 0.6) is 0 Å². The van der Waals surface area contributed by atoms with Gasteiger partial charge >= 0.3 is 29.4 Å². The molecule has 3 heterocycles. The minimum absolute atomic E-state index is 0.0252. The fourth-order valence-electron chi connectivity index (χ4n) is 4.41. The lowest BCUT2D eigenvalue weighted by Crippen LogP contribution is -2.46. The number of nitrogen functional groups attached to an aromatic ring is 1. The molecule has 0 aliphatic carbocycles. The number of carboxylic acids is 1. The molecule has 288 valence electrons. The number of aromatic nitrogens is 4. The number of nitrogens with one attached hydrogen (secondary N) is 2. The average molecular weight is 794 g/mol. The predicted molar refractivity (Wildman–Crippen MR) is 167 cm³/mol. The Balaban J connectivity index is 1.55. The van der Waals surface area contributed by atoms with Crippen molar-refractivity contribution < 1.29 is 85.6 Å². The predicted octanol–water partition coefficient (Wildman–Crippen LogP) is -1.73. The highest BCUT2D eigenvalue weighted by Gasteiger charge is 2.50. The maximum atomic E-state index is 12.6. The Morgan fingerprint density at radius 1 is 1.04 bits per heavy atom. The number of ether oxygens (including phenoxy) is 1. The molecule has 7 atom stereocenters. The summed E-state index contributed by atoms with van der Waals surface area (Å²) in [5.74, 6) is -2.58. The van der Waals surface area contributed by atoms with E-state index in [-0.39, 0.29) is 49.3 Å². The smallest absolute Gasteiger partial charge is 0.481 e. The van der Waals surface area contributed by atoms with E-state index in [1.54, 1.807) is 0 Å². The van der Waals surface area contributed by atoms with Gasteiger partial charge in [0.25, 0.3) is 0 Å². The molecular formula is C23H38N7O18P3. The van der Waals surface area contributed by atoms with Crippen LogP contribution in [-0.4, -0.2) is 123 Å². The standard InChI is InChI=1S/C23H38N7O18P3/c1-23(2,18(35)21(36)26-7-5-13(31)25-6-3-4-14(32)33)9-45-51(42,43)48-50(40,41)44-8-12-17(47-49(37,38)39)16(34)22(46-12)30-11-29-15-19(24)27-10-28-20(15)30/h10-12,16-18,22,34-35H,3-9H2,1-2H3,(H,25,31)(H,26,36)(H,32,33)(H,40,41)(H,42,43)(H2,24,27,28)(H2,37,38,39)/t12-,16-,17-,18+,22-/m1/s1. The number of aliphatic hydroxyl groups is 2. The summed E-state index contributed by atoms with van der Waals surface area (Å²) in [5, 5.41) is 34.6. The number of carbonyl (C=O) groups excluding carboxylic acids is 2. The first-order valence-electron chi connectivity index (χ1n) is 14.6. The molecule has 1 aliphatic heterocycles. The number of nitrogens with two attached hydrogens (primary N) is 1. The summed E-state index contributed by atoms with van der Waals surface area (Å²) in [6, 6.07) is 0. The summed E-state index contributed by atoms with van der Waals surface area (Å²) in [6.45, 7) is 0.289. The lowest BCUT2D eigenvalue weighted by atomic mass is 9.87. The van der Waals surface area contributed by atoms with Crippen LogP contribution in [-0.2, 0) is 50.7 Å². The largest absolute Gasteiger partial charge is 0.481 e. The van der Waals surface area contributed by atoms with Gasteiger partial charge in [0, 0.05) is 31.3 Å². The van der Waals surface area contributed by atoms with Crippen LogP contribution in [0.3, 0.4) is 0 Å². The SMILES string of the molecule is CC(C)(COP(=O)(O)OP(=O)(O)OC[C@H]1O[C@@H](n2cnc3c(N)ncnc32)[C@H](O)[C@@H]1OP(=O)(O)O)[C@@H](O)C(=O)NCCC(=O)NCCCC(=O)O. The molecule has 2 amide bonds. The number of anilines is 1. The summed E-state index contributed by atoms with van der Waals surface area (Å²) < 4.78 is 61.7. The highest BCUT2D eigenvalue weighted by atomic mass is 31.3. The van der Waals surface area contributed by atoms with Crippen LogP contribution in [0.15, 0.2) is 12.7 Å². The normalized spacial score (nSPS) is 22.6. The number of nitrogens with zero attached hydrogens (tertiary/aromatic N) is 4. The fourth-order valence-corrected chi connectivity index (χ4v) is 7.24. The van der Waals surface area contributed by atoms with E-state index in [1.165, 1.54) is 13.8 Å². The van der Waals surface area contributed by atoms with Crippen molar-refractivity contribution in [3.05, 3.63) is 12.7 Å². The van der Waals surface area contributed by atoms with Crippen LogP contribution in [0.4, 0.5) is 5.82 Å². The molecule has 51 heavy (non-hydrogen) atoms. The van der Waals surface area contributed by atoms with E-state index < -0.39 is 90.5 Å². The second-order valence-electron chi connectivity index (χ2n) is 11.6. The minimum atomic E-state index is -5.57. The van der Waals surface area contributed by atoms with Gasteiger partial charge in [-0.1, -0.05) is 13.8 Å². The van der Waals surface area contributed by atoms with Crippen molar-refractivity contribution in [3.8, 4) is 0 Å². The van der Waals surface area contributed by atoms with Gasteiger partial charge in [0.2, 0.25) is 11.8 Å². The molecule has 3 rings (SSSR count). The van der Waals surface area contributed by atoms with E-state index >= 15 is 0 Å². The number of carboxylic acid groups (broad SMARTS) is 1. The van der Waals surface area contributed by atoms with Gasteiger partial charge in [-0.3, -0.25) is 32.5 Å². The summed E-state index contributed by atoms with van der Waals surface area (Å²) >= 11 is 0. The van der Waals surface area contributed by atoms with Gasteiger partial charge in [0.15, 0.2) is 17.7 Å². The van der Waals surface area contributed by atoms with Crippen LogP contribution in [0, 0.1) is 5.41 Å². The van der Waals surface area contributed by atoms with Gasteiger partial charge in [0.05, 0.1) is 19.5 Å². The number of rotatable bonds is 20. The first-order chi connectivity index (χ1) is 23.5. The average Bonchev–Trinajstić information content (AvgIpc) is 3.57. The maximum absolute atomic E-state index is 12.6. The third-order valence-electron chi connectivity index (χ3n) is 6.97. The molecule has 0 spiro atoms. The lowest BCUT2D eigenvalue weighted by molar-refractivity contribution is -0.138. The van der Waals surface area contributed by atoms with Crippen LogP contribution >= 0.6 is 23.5 Å². The number of fused-ring (bicyclic) bond motifs is 1. The number of phosphoric acid groups is 3. The molecular weight excluding hydrogens is 755 g/mol. The van der Waals surface area contributed by atoms with Crippen molar-refractivity contribution in [3.63, 3.8) is 0 Å². The Morgan fingerprint density at radius 2 is 1.71 bits per heavy atom. The molecule has 28 heteroatoms. The van der Waals surface area contributed by atoms with Crippen LogP contribution in [0.2, 0.25) is 0 Å². The monoisotopic (exact) mass is 793 g/mol. The second-order valence-corrected chi connectivity index (χ2v) is 15.8. The minimum Gasteiger partial charge on any atom is -0.481 e. The zero-order valence-corrected chi connectivity index (χ0v) is 29.5. The number of aliphatic carboxylic acids is 1. The van der Waals surface area contributed by atoms with Crippen molar-refractivity contribution in [2.45, 2.75) is 63.8 Å². The van der Waals surface area contributed by atoms with Gasteiger partial charge in [-0.25, -0.2) is 28.6 Å². The third kappa shape index (κ3) is 12.6. The maximum Gasteiger partial charge on any atom is 0.481 e. The Kier molecular flexibility index (Phi) is 14.3. The molecule has 0 radical (unpaired) electrons. The molecule has 11 N–H and O–H groups in total. The highest BCUT2D eigenvalue weighted by molar-refractivity contribution is 7.61. The quantitative estimate of drug-likeness (QED) is 0.0526. The molecule has 1 saturated heterocycles. The van der Waals surface area contributed by atoms with Crippen molar-refractivity contribution in [1.29, 1.82) is 0 Å². The van der Waals surface area contributed by atoms with Crippen molar-refractivity contribution in [2.24, 2.45) is 5.41 Å². The molecule has 25 nitrogen and oxygen atoms in total. The summed E-state index contributed by atoms with van der Waals surface area (Å²) in [7, 11) is -16.4. The van der Waals surface area contributed by atoms with Crippen LogP contribution in [0.25, 0.3) is 11.2 Å². The number of amides is 2. The first-order valence-corrected chi connectivity index (χ1v) is 19.1. The van der Waals surface area contributed by atoms with E-state index in [2.05, 4.69) is 34.4 Å². The van der Waals surface area contributed by atoms with E-state index in [0.29, 0.717) is 0 Å². The lowest BCUT2D eigenvalue weighted by Gasteiger charge is -2.30. The molecule has 1 fully saturated rings. The van der Waals surface area contributed by atoms with Gasteiger partial charge in [-0.15, -0.1) is 0 Å². The molecule has 0 aromatic carbocycles. The Morgan fingerprint density at radius 3 is 2.35 bits per heavy atom. The van der Waals surface area contributed by atoms with E-state index in [0.717, 1.165) is 17.2 Å². The summed E-state index contributed by atoms with van der Waals surface area (Å²) in [4.78, 5) is 85.4. The van der Waals surface area contributed by atoms with Gasteiger partial charge in [-0.05, 0) is 6.42 Å². The van der Waals surface area contributed by atoms with Crippen molar-refractivity contribution >= 4 is 58.2 Å². The highest BCUT2D eigenvalue weighted by Crippen LogP contribution is 2.61. The number of aliphatic hydroxyl groups excluding tert-OH is 2. The first kappa shape index (κ1) is 42.4. The van der Waals surface area contributed by atoms with Crippen LogP contribution in [0.1, 0.15) is 39.3 Å². The Hall–Kier alpha value is -2.99. The fraction of sp³-hybridized carbons (Fsp3) is 0.652. The molecule has 2 aromatic rings. The number of hydrogen-bond donors (Lipinski definition) is 10. The Bertz CT molecular complexity index is 1700.